The second-order valence-corrected chi connectivity index (χ2v) is 7.20. The molecule has 28 heavy (non-hydrogen) atoms. The van der Waals surface area contributed by atoms with Crippen LogP contribution in [0.1, 0.15) is 12.0 Å². The molecule has 1 aliphatic rings. The molecule has 3 aromatic rings. The summed E-state index contributed by atoms with van der Waals surface area (Å²) in [4.78, 5) is 2.43. The number of anilines is 1. The maximum absolute atomic E-state index is 11.5. The van der Waals surface area contributed by atoms with Crippen molar-refractivity contribution in [2.45, 2.75) is 19.0 Å². The molecule has 146 valence electrons. The highest BCUT2D eigenvalue weighted by Crippen LogP contribution is 2.25. The van der Waals surface area contributed by atoms with Crippen molar-refractivity contribution >= 4 is 16.5 Å². The van der Waals surface area contributed by atoms with Gasteiger partial charge in [0.05, 0.1) is 6.61 Å². The fourth-order valence-electron chi connectivity index (χ4n) is 3.80. The van der Waals surface area contributed by atoms with Gasteiger partial charge in [0.2, 0.25) is 0 Å². The smallest absolute Gasteiger partial charge is 0.188 e. The lowest BCUT2D eigenvalue weighted by Gasteiger charge is -2.18. The summed E-state index contributed by atoms with van der Waals surface area (Å²) in [6.45, 7) is 3.21. The SMILES string of the molecule is [O-][n+]1ccc2c(NC3CCN(Cc4cccc(OCCO)c4)C3)cccc2c1. The highest BCUT2D eigenvalue weighted by Gasteiger charge is 2.23. The van der Waals surface area contributed by atoms with Crippen molar-refractivity contribution in [3.63, 3.8) is 0 Å². The number of benzene rings is 2. The fourth-order valence-corrected chi connectivity index (χ4v) is 3.80. The average molecular weight is 379 g/mol. The molecule has 0 aliphatic carbocycles. The Morgan fingerprint density at radius 2 is 2.11 bits per heavy atom. The predicted octanol–water partition coefficient (Wildman–Crippen LogP) is 2.53. The van der Waals surface area contributed by atoms with Crippen molar-refractivity contribution in [3.05, 3.63) is 71.7 Å². The van der Waals surface area contributed by atoms with Crippen LogP contribution in [0.25, 0.3) is 10.8 Å². The van der Waals surface area contributed by atoms with Gasteiger partial charge in [-0.1, -0.05) is 18.2 Å². The van der Waals surface area contributed by atoms with Crippen LogP contribution in [0.5, 0.6) is 5.75 Å². The molecule has 1 unspecified atom stereocenters. The summed E-state index contributed by atoms with van der Waals surface area (Å²) < 4.78 is 6.34. The number of rotatable bonds is 7. The topological polar surface area (TPSA) is 71.7 Å². The van der Waals surface area contributed by atoms with E-state index in [2.05, 4.69) is 22.3 Å². The van der Waals surface area contributed by atoms with Gasteiger partial charge < -0.3 is 20.4 Å². The number of hydrogen-bond donors (Lipinski definition) is 2. The van der Waals surface area contributed by atoms with Crippen molar-refractivity contribution in [2.24, 2.45) is 0 Å². The average Bonchev–Trinajstić information content (AvgIpc) is 3.13. The predicted molar refractivity (Wildman–Crippen MR) is 109 cm³/mol. The first-order valence-electron chi connectivity index (χ1n) is 9.64. The zero-order chi connectivity index (χ0) is 19.3. The van der Waals surface area contributed by atoms with Gasteiger partial charge in [0.15, 0.2) is 12.4 Å². The van der Waals surface area contributed by atoms with Gasteiger partial charge in [-0.05, 0) is 36.2 Å². The molecule has 1 atom stereocenters. The van der Waals surface area contributed by atoms with Gasteiger partial charge in [-0.2, -0.15) is 4.73 Å². The summed E-state index contributed by atoms with van der Waals surface area (Å²) in [6, 6.07) is 16.3. The van der Waals surface area contributed by atoms with E-state index in [1.165, 1.54) is 5.56 Å². The van der Waals surface area contributed by atoms with Crippen LogP contribution in [-0.2, 0) is 6.54 Å². The van der Waals surface area contributed by atoms with E-state index in [0.717, 1.165) is 53.0 Å². The third-order valence-corrected chi connectivity index (χ3v) is 5.09. The van der Waals surface area contributed by atoms with Crippen LogP contribution < -0.4 is 14.8 Å². The van der Waals surface area contributed by atoms with Gasteiger partial charge in [0.25, 0.3) is 0 Å². The van der Waals surface area contributed by atoms with Gasteiger partial charge in [0.1, 0.15) is 12.4 Å². The summed E-state index contributed by atoms with van der Waals surface area (Å²) in [5.74, 6) is 0.798. The molecule has 0 spiro atoms. The molecule has 0 amide bonds. The van der Waals surface area contributed by atoms with Gasteiger partial charge in [-0.25, -0.2) is 0 Å². The van der Waals surface area contributed by atoms with Crippen molar-refractivity contribution in [3.8, 4) is 5.75 Å². The Labute approximate surface area is 164 Å². The number of pyridine rings is 1. The van der Waals surface area contributed by atoms with Gasteiger partial charge >= 0.3 is 0 Å². The Balaban J connectivity index is 1.39. The maximum atomic E-state index is 11.5. The molecule has 1 saturated heterocycles. The minimum atomic E-state index is 0.0205. The first-order valence-corrected chi connectivity index (χ1v) is 9.64. The van der Waals surface area contributed by atoms with Gasteiger partial charge in [0, 0.05) is 48.2 Å². The monoisotopic (exact) mass is 379 g/mol. The third kappa shape index (κ3) is 4.35. The molecule has 1 fully saturated rings. The van der Waals surface area contributed by atoms with E-state index in [1.807, 2.05) is 36.4 Å². The van der Waals surface area contributed by atoms with E-state index >= 15 is 0 Å². The Morgan fingerprint density at radius 1 is 1.21 bits per heavy atom. The van der Waals surface area contributed by atoms with E-state index in [0.29, 0.717) is 12.6 Å². The number of nitrogens with zero attached hydrogens (tertiary/aromatic N) is 2. The van der Waals surface area contributed by atoms with Crippen LogP contribution in [0.3, 0.4) is 0 Å². The molecule has 6 nitrogen and oxygen atoms in total. The van der Waals surface area contributed by atoms with Crippen molar-refractivity contribution < 1.29 is 14.6 Å². The van der Waals surface area contributed by atoms with Crippen molar-refractivity contribution in [1.82, 2.24) is 4.90 Å². The zero-order valence-electron chi connectivity index (χ0n) is 15.8. The fraction of sp³-hybridized carbons (Fsp3) is 0.318. The minimum Gasteiger partial charge on any atom is -0.619 e. The molecule has 2 heterocycles. The molecule has 0 bridgehead atoms. The van der Waals surface area contributed by atoms with Crippen molar-refractivity contribution in [2.75, 3.05) is 31.6 Å². The van der Waals surface area contributed by atoms with E-state index in [4.69, 9.17) is 9.84 Å². The number of hydrogen-bond acceptors (Lipinski definition) is 5. The number of fused-ring (bicyclic) bond motifs is 1. The summed E-state index contributed by atoms with van der Waals surface area (Å²) in [7, 11) is 0. The quantitative estimate of drug-likeness (QED) is 0.488. The Bertz CT molecular complexity index is 947. The lowest BCUT2D eigenvalue weighted by atomic mass is 10.1. The summed E-state index contributed by atoms with van der Waals surface area (Å²) >= 11 is 0. The standard InChI is InChI=1S/C22H25N3O3/c26-11-12-28-20-5-1-3-17(13-20)14-24-9-7-19(16-24)23-22-6-2-4-18-15-25(27)10-8-21(18)22/h1-6,8,10,13,15,19,23,26H,7,9,11-12,14,16H2. The molecule has 6 heteroatoms. The molecule has 0 saturated carbocycles. The first-order chi connectivity index (χ1) is 13.7. The Kier molecular flexibility index (Phi) is 5.60. The minimum absolute atomic E-state index is 0.0205. The molecule has 1 aliphatic heterocycles. The van der Waals surface area contributed by atoms with Crippen LogP contribution in [0.15, 0.2) is 60.9 Å². The van der Waals surface area contributed by atoms with Crippen LogP contribution in [0.4, 0.5) is 5.69 Å². The van der Waals surface area contributed by atoms with Crippen molar-refractivity contribution in [1.29, 1.82) is 0 Å². The highest BCUT2D eigenvalue weighted by molar-refractivity contribution is 5.92. The van der Waals surface area contributed by atoms with Crippen LogP contribution in [0, 0.1) is 5.21 Å². The highest BCUT2D eigenvalue weighted by atomic mass is 16.5. The maximum Gasteiger partial charge on any atom is 0.188 e. The molecule has 4 rings (SSSR count). The van der Waals surface area contributed by atoms with E-state index in [1.54, 1.807) is 12.4 Å². The lowest BCUT2D eigenvalue weighted by Crippen LogP contribution is -2.26. The number of nitrogens with one attached hydrogen (secondary N) is 1. The van der Waals surface area contributed by atoms with Crippen LogP contribution in [0.2, 0.25) is 0 Å². The van der Waals surface area contributed by atoms with Crippen LogP contribution >= 0.6 is 0 Å². The summed E-state index contributed by atoms with van der Waals surface area (Å²) in [6.07, 6.45) is 4.22. The summed E-state index contributed by atoms with van der Waals surface area (Å²) in [5, 5.41) is 26.1. The number of aliphatic hydroxyl groups is 1. The second-order valence-electron chi connectivity index (χ2n) is 7.20. The largest absolute Gasteiger partial charge is 0.619 e. The van der Waals surface area contributed by atoms with E-state index in [-0.39, 0.29) is 6.61 Å². The zero-order valence-corrected chi connectivity index (χ0v) is 15.8. The Morgan fingerprint density at radius 3 is 3.00 bits per heavy atom. The Hall–Kier alpha value is -2.83. The second kappa shape index (κ2) is 8.46. The molecular formula is C22H25N3O3. The van der Waals surface area contributed by atoms with E-state index < -0.39 is 0 Å². The number of ether oxygens (including phenoxy) is 1. The number of aliphatic hydroxyl groups excluding tert-OH is 1. The first kappa shape index (κ1) is 18.5. The normalized spacial score (nSPS) is 17.1. The number of likely N-dealkylation sites (tertiary alicyclic amines) is 1. The summed E-state index contributed by atoms with van der Waals surface area (Å²) in [5.41, 5.74) is 2.28. The van der Waals surface area contributed by atoms with Gasteiger partial charge in [-0.3, -0.25) is 4.90 Å². The molecule has 0 radical (unpaired) electrons. The molecular weight excluding hydrogens is 354 g/mol. The molecule has 2 aromatic carbocycles. The molecule has 1 aromatic heterocycles. The van der Waals surface area contributed by atoms with Gasteiger partial charge in [-0.15, -0.1) is 0 Å². The molecule has 2 N–H and O–H groups in total. The lowest BCUT2D eigenvalue weighted by molar-refractivity contribution is -0.603. The number of aromatic nitrogens is 1. The van der Waals surface area contributed by atoms with E-state index in [9.17, 15) is 5.21 Å². The third-order valence-electron chi connectivity index (χ3n) is 5.09. The van der Waals surface area contributed by atoms with Crippen LogP contribution in [-0.4, -0.2) is 42.4 Å².